The lowest BCUT2D eigenvalue weighted by Crippen LogP contribution is -2.47. The molecule has 278 valence electrons. The third kappa shape index (κ3) is 6.15. The Labute approximate surface area is 323 Å². The van der Waals surface area contributed by atoms with Crippen molar-refractivity contribution in [2.24, 2.45) is 0 Å². The molecule has 6 aromatic rings. The van der Waals surface area contributed by atoms with Crippen LogP contribution in [0.5, 0.6) is 11.5 Å². The third-order valence-corrected chi connectivity index (χ3v) is 11.3. The Kier molecular flexibility index (Phi) is 9.61. The number of rotatable bonds is 5. The number of aryl methyl sites for hydroxylation is 1. The highest BCUT2D eigenvalue weighted by Gasteiger charge is 2.55. The summed E-state index contributed by atoms with van der Waals surface area (Å²) in [6.07, 6.45) is 0. The predicted molar refractivity (Wildman–Crippen MR) is 202 cm³/mol. The fourth-order valence-electron chi connectivity index (χ4n) is 6.39. The van der Waals surface area contributed by atoms with Gasteiger partial charge in [-0.25, -0.2) is 13.2 Å². The van der Waals surface area contributed by atoms with E-state index in [-0.39, 0.29) is 53.3 Å². The molecule has 2 aromatic heterocycles. The summed E-state index contributed by atoms with van der Waals surface area (Å²) in [4.78, 5) is 51.3. The Morgan fingerprint density at radius 3 is 1.87 bits per heavy atom. The minimum atomic E-state index is -2.97. The van der Waals surface area contributed by atoms with E-state index in [0.29, 0.717) is 28.2 Å². The van der Waals surface area contributed by atoms with Crippen LogP contribution in [0.3, 0.4) is 0 Å². The van der Waals surface area contributed by atoms with Gasteiger partial charge in [-0.15, -0.1) is 11.3 Å². The summed E-state index contributed by atoms with van der Waals surface area (Å²) in [5, 5.41) is 14.3. The number of benzene rings is 4. The molecule has 4 heterocycles. The fraction of sp³-hybridized carbons (Fsp3) is 0.100. The molecule has 8 nitrogen and oxygen atoms in total. The van der Waals surface area contributed by atoms with Gasteiger partial charge in [-0.1, -0.05) is 95.2 Å². The van der Waals surface area contributed by atoms with Crippen LogP contribution in [0, 0.1) is 17.9 Å². The van der Waals surface area contributed by atoms with Gasteiger partial charge in [0.15, 0.2) is 5.13 Å². The molecular weight excluding hydrogens is 780 g/mol. The first kappa shape index (κ1) is 37.5. The van der Waals surface area contributed by atoms with Gasteiger partial charge in [0.2, 0.25) is 11.6 Å². The van der Waals surface area contributed by atoms with Gasteiger partial charge in [0, 0.05) is 33.9 Å². The van der Waals surface area contributed by atoms with Crippen molar-refractivity contribution in [2.75, 3.05) is 17.7 Å². The lowest BCUT2D eigenvalue weighted by molar-refractivity contribution is -0.126. The van der Waals surface area contributed by atoms with E-state index in [2.05, 4.69) is 10.6 Å². The second-order valence-corrected chi connectivity index (χ2v) is 15.0. The van der Waals surface area contributed by atoms with Crippen molar-refractivity contribution < 1.29 is 46.6 Å². The molecule has 15 heteroatoms. The SMILES string of the molecule is COc1cccc(C2(F)C(=O)Nc3sc(F)c(-c4ccccc4)c3C2=O)c1.Cc1cccc(C2(F)C(=O)Nc3sc(Cl)c(-c4ccc(F)cc4O)c3C2=O)c1. The Morgan fingerprint density at radius 2 is 1.27 bits per heavy atom. The van der Waals surface area contributed by atoms with Crippen LogP contribution in [0.25, 0.3) is 22.3 Å². The monoisotopic (exact) mass is 804 g/mol. The molecule has 2 amide bonds. The number of thiophene rings is 2. The highest BCUT2D eigenvalue weighted by atomic mass is 35.5. The quantitative estimate of drug-likeness (QED) is 0.118. The Hall–Kier alpha value is -5.83. The van der Waals surface area contributed by atoms with Crippen LogP contribution in [-0.2, 0) is 20.9 Å². The van der Waals surface area contributed by atoms with Crippen LogP contribution in [0.15, 0.2) is 97.1 Å². The number of Topliss-reactive ketones (excluding diaryl/α,β-unsaturated/α-hetero) is 2. The Balaban J connectivity index is 0.000000169. The van der Waals surface area contributed by atoms with Gasteiger partial charge >= 0.3 is 0 Å². The van der Waals surface area contributed by atoms with Crippen LogP contribution in [-0.4, -0.2) is 35.6 Å². The van der Waals surface area contributed by atoms with Crippen LogP contribution < -0.4 is 15.4 Å². The zero-order chi connectivity index (χ0) is 39.4. The first-order chi connectivity index (χ1) is 26.2. The number of halogens is 5. The Morgan fingerprint density at radius 1 is 0.691 bits per heavy atom. The summed E-state index contributed by atoms with van der Waals surface area (Å²) >= 11 is 7.73. The molecule has 0 bridgehead atoms. The van der Waals surface area contributed by atoms with Gasteiger partial charge in [-0.2, -0.15) is 4.39 Å². The van der Waals surface area contributed by atoms with Crippen LogP contribution in [0.2, 0.25) is 4.34 Å². The predicted octanol–water partition coefficient (Wildman–Crippen LogP) is 9.78. The van der Waals surface area contributed by atoms with Crippen molar-refractivity contribution in [1.82, 2.24) is 0 Å². The van der Waals surface area contributed by atoms with Gasteiger partial charge in [0.25, 0.3) is 23.2 Å². The average Bonchev–Trinajstić information content (AvgIpc) is 3.68. The number of hydrogen-bond acceptors (Lipinski definition) is 8. The van der Waals surface area contributed by atoms with Crippen LogP contribution >= 0.6 is 34.3 Å². The van der Waals surface area contributed by atoms with E-state index < -0.39 is 51.4 Å². The minimum Gasteiger partial charge on any atom is -0.507 e. The van der Waals surface area contributed by atoms with Crippen molar-refractivity contribution in [1.29, 1.82) is 0 Å². The number of phenolic OH excluding ortho intramolecular Hbond substituents is 1. The largest absolute Gasteiger partial charge is 0.507 e. The molecule has 2 aliphatic rings. The van der Waals surface area contributed by atoms with Gasteiger partial charge in [0.05, 0.1) is 18.2 Å². The molecule has 0 spiro atoms. The molecule has 2 unspecified atom stereocenters. The summed E-state index contributed by atoms with van der Waals surface area (Å²) < 4.78 is 64.8. The van der Waals surface area contributed by atoms with E-state index in [1.807, 2.05) is 0 Å². The topological polar surface area (TPSA) is 122 Å². The van der Waals surface area contributed by atoms with Crippen LogP contribution in [0.4, 0.5) is 27.6 Å². The molecule has 0 saturated heterocycles. The fourth-order valence-corrected chi connectivity index (χ4v) is 8.69. The number of amides is 2. The number of ether oxygens (including phenoxy) is 1. The third-order valence-electron chi connectivity index (χ3n) is 9.07. The lowest BCUT2D eigenvalue weighted by atomic mass is 9.82. The summed E-state index contributed by atoms with van der Waals surface area (Å²) in [6.45, 7) is 1.72. The van der Waals surface area contributed by atoms with E-state index in [9.17, 15) is 33.1 Å². The molecule has 4 aromatic carbocycles. The summed E-state index contributed by atoms with van der Waals surface area (Å²) in [5.74, 6) is -5.26. The van der Waals surface area contributed by atoms with Gasteiger partial charge in [0.1, 0.15) is 31.7 Å². The number of methoxy groups -OCH3 is 1. The number of nitrogens with one attached hydrogen (secondary N) is 2. The maximum atomic E-state index is 15.9. The first-order valence-electron chi connectivity index (χ1n) is 16.2. The number of alkyl halides is 2. The molecule has 0 aliphatic carbocycles. The zero-order valence-electron chi connectivity index (χ0n) is 28.4. The second-order valence-electron chi connectivity index (χ2n) is 12.4. The number of carbonyl (C=O) groups is 4. The van der Waals surface area contributed by atoms with Crippen molar-refractivity contribution in [3.05, 3.63) is 140 Å². The highest BCUT2D eigenvalue weighted by molar-refractivity contribution is 7.21. The van der Waals surface area contributed by atoms with Crippen molar-refractivity contribution in [3.63, 3.8) is 0 Å². The van der Waals surface area contributed by atoms with Gasteiger partial charge in [-0.05, 0) is 36.8 Å². The van der Waals surface area contributed by atoms with E-state index in [1.54, 1.807) is 55.5 Å². The molecule has 55 heavy (non-hydrogen) atoms. The van der Waals surface area contributed by atoms with Gasteiger partial charge < -0.3 is 20.5 Å². The van der Waals surface area contributed by atoms with Crippen molar-refractivity contribution in [2.45, 2.75) is 18.3 Å². The molecule has 2 aliphatic heterocycles. The molecule has 0 fully saturated rings. The van der Waals surface area contributed by atoms with E-state index >= 15 is 8.78 Å². The smallest absolute Gasteiger partial charge is 0.276 e. The number of fused-ring (bicyclic) bond motifs is 2. The number of carbonyl (C=O) groups excluding carboxylic acids is 4. The second kappa shape index (κ2) is 14.1. The average molecular weight is 805 g/mol. The van der Waals surface area contributed by atoms with Crippen LogP contribution in [0.1, 0.15) is 37.4 Å². The highest BCUT2D eigenvalue weighted by Crippen LogP contribution is 2.52. The number of anilines is 2. The molecule has 8 rings (SSSR count). The molecule has 0 radical (unpaired) electrons. The molecular formula is C40H25ClF4N2O6S2. The van der Waals surface area contributed by atoms with Gasteiger partial charge in [-0.3, -0.25) is 19.2 Å². The molecule has 3 N–H and O–H groups in total. The molecule has 2 atom stereocenters. The maximum absolute atomic E-state index is 15.9. The van der Waals surface area contributed by atoms with E-state index in [4.69, 9.17) is 16.3 Å². The number of ketones is 2. The minimum absolute atomic E-state index is 0.00878. The standard InChI is InChI=1S/C20H12ClF2NO3S.C20H13F2NO3S/c1-9-3-2-4-10(7-9)20(23)16(26)15-14(12-6-5-11(22)8-13(12)25)17(21)28-18(15)24-19(20)27;1-26-13-9-5-8-12(10-13)20(22)16(24)15-14(11-6-3-2-4-7-11)17(21)27-18(15)23-19(20)25/h2-8,25H,1H3,(H,24,27);2-10H,1H3,(H,23,25). The lowest BCUT2D eigenvalue weighted by Gasteiger charge is -2.28. The normalized spacial score (nSPS) is 18.7. The molecule has 0 saturated carbocycles. The number of phenols is 1. The zero-order valence-corrected chi connectivity index (χ0v) is 30.8. The van der Waals surface area contributed by atoms with E-state index in [1.165, 1.54) is 43.5 Å². The maximum Gasteiger partial charge on any atom is 0.276 e. The van der Waals surface area contributed by atoms with Crippen molar-refractivity contribution >= 4 is 67.7 Å². The summed E-state index contributed by atoms with van der Waals surface area (Å²) in [5.41, 5.74) is -5.27. The number of hydrogen-bond donors (Lipinski definition) is 3. The van der Waals surface area contributed by atoms with Crippen molar-refractivity contribution in [3.8, 4) is 33.8 Å². The Bertz CT molecular complexity index is 2580. The van der Waals surface area contributed by atoms with E-state index in [0.717, 1.165) is 23.5 Å². The summed E-state index contributed by atoms with van der Waals surface area (Å²) in [7, 11) is 1.40. The number of aromatic hydroxyl groups is 1. The first-order valence-corrected chi connectivity index (χ1v) is 18.2. The summed E-state index contributed by atoms with van der Waals surface area (Å²) in [6, 6.07) is 23.3.